The maximum Gasteiger partial charge on any atom is 0.238 e. The number of anilines is 12. The van der Waals surface area contributed by atoms with Gasteiger partial charge < -0.3 is 50.3 Å². The molecule has 2 fully saturated rings. The third-order valence-corrected chi connectivity index (χ3v) is 18.4. The molecule has 0 bridgehead atoms. The molecule has 0 saturated carbocycles. The van der Waals surface area contributed by atoms with Gasteiger partial charge in [-0.2, -0.15) is 9.97 Å². The van der Waals surface area contributed by atoms with E-state index in [1.54, 1.807) is 90.4 Å². The van der Waals surface area contributed by atoms with Crippen LogP contribution in [0.2, 0.25) is 5.02 Å². The minimum absolute atomic E-state index is 0.0280. The largest absolute Gasteiger partial charge is 0.495 e. The van der Waals surface area contributed by atoms with Crippen LogP contribution in [0.5, 0.6) is 11.5 Å². The number of aromatic nitrogens is 4. The third kappa shape index (κ3) is 14.3. The van der Waals surface area contributed by atoms with Crippen LogP contribution in [0.3, 0.4) is 0 Å². The minimum atomic E-state index is -4.22. The number of aryl methyl sites for hydroxylation is 1. The van der Waals surface area contributed by atoms with Crippen molar-refractivity contribution in [3.05, 3.63) is 107 Å². The molecular formula is C56H75ClN14O6S2. The van der Waals surface area contributed by atoms with Crippen LogP contribution >= 0.6 is 11.6 Å². The molecule has 424 valence electrons. The van der Waals surface area contributed by atoms with E-state index in [0.29, 0.717) is 57.3 Å². The smallest absolute Gasteiger partial charge is 0.238 e. The van der Waals surface area contributed by atoms with Gasteiger partial charge in [-0.1, -0.05) is 17.7 Å². The molecule has 0 amide bonds. The van der Waals surface area contributed by atoms with Gasteiger partial charge >= 0.3 is 0 Å². The first-order chi connectivity index (χ1) is 37.3. The molecule has 4 heterocycles. The molecule has 2 aliphatic heterocycles. The van der Waals surface area contributed by atoms with E-state index in [-0.39, 0.29) is 29.2 Å². The molecule has 8 rings (SSSR count). The molecule has 20 nitrogen and oxygen atoms in total. The summed E-state index contributed by atoms with van der Waals surface area (Å²) in [5.41, 5.74) is 6.73. The van der Waals surface area contributed by atoms with Gasteiger partial charge in [0.05, 0.1) is 56.2 Å². The van der Waals surface area contributed by atoms with Gasteiger partial charge in [-0.15, -0.1) is 0 Å². The number of hydrogen-bond donors (Lipinski definition) is 6. The number of halogens is 1. The summed E-state index contributed by atoms with van der Waals surface area (Å²) in [6, 6.07) is 23.7. The van der Waals surface area contributed by atoms with Crippen molar-refractivity contribution in [3.63, 3.8) is 0 Å². The van der Waals surface area contributed by atoms with E-state index in [2.05, 4.69) is 75.5 Å². The van der Waals surface area contributed by atoms with Crippen LogP contribution < -0.4 is 50.0 Å². The van der Waals surface area contributed by atoms with Crippen LogP contribution in [0.4, 0.5) is 69.0 Å². The summed E-state index contributed by atoms with van der Waals surface area (Å²) in [6.45, 7) is 23.1. The molecule has 0 unspecified atom stereocenters. The Morgan fingerprint density at radius 2 is 1.15 bits per heavy atom. The second kappa shape index (κ2) is 23.9. The van der Waals surface area contributed by atoms with Crippen molar-refractivity contribution in [2.24, 2.45) is 0 Å². The number of methoxy groups -OCH3 is 1. The van der Waals surface area contributed by atoms with Crippen molar-refractivity contribution >= 4 is 101 Å². The Bertz CT molecular complexity index is 3380. The van der Waals surface area contributed by atoms with Crippen LogP contribution in [0.15, 0.2) is 85.1 Å². The molecule has 0 atom stereocenters. The number of hydrogen-bond acceptors (Lipinski definition) is 18. The molecule has 4 aromatic carbocycles. The number of nitrogens with zero attached hydrogens (tertiary/aromatic N) is 8. The zero-order valence-corrected chi connectivity index (χ0v) is 49.6. The molecule has 2 aromatic heterocycles. The first-order valence-electron chi connectivity index (χ1n) is 26.4. The van der Waals surface area contributed by atoms with Crippen molar-refractivity contribution < 1.29 is 26.3 Å². The van der Waals surface area contributed by atoms with Gasteiger partial charge in [-0.05, 0) is 137 Å². The lowest BCUT2D eigenvalue weighted by Crippen LogP contribution is -2.44. The number of sulfonamides is 2. The lowest BCUT2D eigenvalue weighted by atomic mass is 10.0. The average molecular weight is 1140 g/mol. The molecule has 0 radical (unpaired) electrons. The maximum atomic E-state index is 14.7. The fourth-order valence-corrected chi connectivity index (χ4v) is 10.8. The predicted octanol–water partition coefficient (Wildman–Crippen LogP) is 10.1. The summed E-state index contributed by atoms with van der Waals surface area (Å²) in [6.07, 6.45) is 1.62. The highest BCUT2D eigenvalue weighted by atomic mass is 35.5. The van der Waals surface area contributed by atoms with E-state index in [0.717, 1.165) is 80.7 Å². The Morgan fingerprint density at radius 3 is 1.76 bits per heavy atom. The van der Waals surface area contributed by atoms with E-state index in [1.165, 1.54) is 0 Å². The molecule has 0 aliphatic carbocycles. The van der Waals surface area contributed by atoms with Crippen molar-refractivity contribution in [1.29, 1.82) is 0 Å². The number of piperazine rings is 2. The second-order valence-electron chi connectivity index (χ2n) is 22.0. The summed E-state index contributed by atoms with van der Waals surface area (Å²) in [5.74, 6) is 2.85. The highest BCUT2D eigenvalue weighted by Crippen LogP contribution is 2.38. The van der Waals surface area contributed by atoms with Gasteiger partial charge in [-0.3, -0.25) is 9.44 Å². The number of ether oxygens (including phenoxy) is 2. The molecular weight excluding hydrogens is 1060 g/mol. The number of likely N-dealkylation sites (N-methyl/N-ethyl adjacent to an activating group) is 2. The first-order valence-corrected chi connectivity index (χ1v) is 29.7. The molecule has 0 spiro atoms. The zero-order chi connectivity index (χ0) is 57.0. The number of nitrogens with one attached hydrogen (secondary N) is 6. The lowest BCUT2D eigenvalue weighted by molar-refractivity contribution is 0.241. The normalized spacial score (nSPS) is 15.0. The van der Waals surface area contributed by atoms with Crippen molar-refractivity contribution in [2.75, 3.05) is 114 Å². The van der Waals surface area contributed by atoms with Crippen LogP contribution in [-0.4, -0.2) is 136 Å². The second-order valence-corrected chi connectivity index (χ2v) is 27.2. The van der Waals surface area contributed by atoms with E-state index in [9.17, 15) is 16.8 Å². The van der Waals surface area contributed by atoms with E-state index in [1.807, 2.05) is 58.0 Å². The fraction of sp³-hybridized carbons (Fsp3) is 0.429. The predicted molar refractivity (Wildman–Crippen MR) is 322 cm³/mol. The Balaban J connectivity index is 1.04. The maximum absolute atomic E-state index is 14.7. The molecule has 6 N–H and O–H groups in total. The summed E-state index contributed by atoms with van der Waals surface area (Å²) in [5, 5.41) is 13.5. The quantitative estimate of drug-likeness (QED) is 0.0418. The Morgan fingerprint density at radius 1 is 0.620 bits per heavy atom. The summed E-state index contributed by atoms with van der Waals surface area (Å²) in [4.78, 5) is 28.4. The lowest BCUT2D eigenvalue weighted by Gasteiger charge is -2.35. The van der Waals surface area contributed by atoms with E-state index >= 15 is 0 Å². The summed E-state index contributed by atoms with van der Waals surface area (Å²) in [7, 11) is -2.08. The van der Waals surface area contributed by atoms with Gasteiger partial charge in [0.2, 0.25) is 31.9 Å². The standard InChI is InChI=1S/C56H75ClN14O6S2/c1-36(2)77-50-33-42(18-21-48(50)71-28-24-69(11)25-29-71)61-53-58-35-37(3)51(64-53)59-40-16-19-44(57)45(31-40)67-79(74,75)56(8,9)34-46-38(4)52(60-39-14-13-15-43(30-39)66-78(72,73)55(5,6)7)65-54(63-46)62-41-17-20-47(49(32-41)76-12)70-26-22-68(10)23-27-70/h13-21,30-33,35-36,66-67H,22-29,34H2,1-12H3,(H2,58,59,61,64)(H2,60,62,63,65). The molecule has 2 aliphatic rings. The Labute approximate surface area is 471 Å². The van der Waals surface area contributed by atoms with Crippen LogP contribution in [0, 0.1) is 13.8 Å². The highest BCUT2D eigenvalue weighted by Gasteiger charge is 2.37. The molecule has 23 heteroatoms. The van der Waals surface area contributed by atoms with Gasteiger partial charge in [0.1, 0.15) is 23.1 Å². The zero-order valence-electron chi connectivity index (χ0n) is 47.2. The van der Waals surface area contributed by atoms with Gasteiger partial charge in [0.15, 0.2) is 0 Å². The average Bonchev–Trinajstić information content (AvgIpc) is 3.41. The first kappa shape index (κ1) is 58.3. The van der Waals surface area contributed by atoms with Crippen LogP contribution in [0.1, 0.15) is 65.3 Å². The molecule has 2 saturated heterocycles. The summed E-state index contributed by atoms with van der Waals surface area (Å²) < 4.78 is 70.7. The van der Waals surface area contributed by atoms with Crippen molar-refractivity contribution in [1.82, 2.24) is 29.7 Å². The fourth-order valence-electron chi connectivity index (χ4n) is 8.82. The third-order valence-electron chi connectivity index (χ3n) is 13.9. The van der Waals surface area contributed by atoms with Crippen LogP contribution in [0.25, 0.3) is 0 Å². The SMILES string of the molecule is COc1cc(Nc2nc(CC(C)(C)S(=O)(=O)Nc3cc(Nc4nc(Nc5ccc(N6CCN(C)CC6)c(OC(C)C)c5)ncc4C)ccc3Cl)c(C)c(Nc3cccc(NS(=O)(=O)C(C)(C)C)c3)n2)ccc1N1CCN(C)CC1. The highest BCUT2D eigenvalue weighted by molar-refractivity contribution is 7.94. The van der Waals surface area contributed by atoms with Gasteiger partial charge in [0.25, 0.3) is 0 Å². The van der Waals surface area contributed by atoms with E-state index < -0.39 is 29.5 Å². The van der Waals surface area contributed by atoms with E-state index in [4.69, 9.17) is 36.0 Å². The Kier molecular flexibility index (Phi) is 17.6. The van der Waals surface area contributed by atoms with Gasteiger partial charge in [0, 0.05) is 111 Å². The topological polar surface area (TPSA) is 223 Å². The van der Waals surface area contributed by atoms with Crippen molar-refractivity contribution in [3.8, 4) is 11.5 Å². The number of rotatable bonds is 20. The summed E-state index contributed by atoms with van der Waals surface area (Å²) >= 11 is 6.75. The number of benzene rings is 4. The molecule has 79 heavy (non-hydrogen) atoms. The van der Waals surface area contributed by atoms with Gasteiger partial charge in [-0.25, -0.2) is 26.8 Å². The van der Waals surface area contributed by atoms with Crippen LogP contribution in [-0.2, 0) is 26.5 Å². The monoisotopic (exact) mass is 1140 g/mol. The van der Waals surface area contributed by atoms with Crippen molar-refractivity contribution in [2.45, 2.75) is 84.3 Å². The Hall–Kier alpha value is -6.85. The molecule has 6 aromatic rings. The minimum Gasteiger partial charge on any atom is -0.495 e.